The van der Waals surface area contributed by atoms with Gasteiger partial charge in [0.2, 0.25) is 0 Å². The summed E-state index contributed by atoms with van der Waals surface area (Å²) >= 11 is 0. The number of carbonyl (C=O) groups is 1. The van der Waals surface area contributed by atoms with E-state index in [2.05, 4.69) is 17.4 Å². The van der Waals surface area contributed by atoms with Gasteiger partial charge in [-0.15, -0.1) is 0 Å². The summed E-state index contributed by atoms with van der Waals surface area (Å²) in [6.45, 7) is 4.40. The van der Waals surface area contributed by atoms with Gasteiger partial charge in [0.05, 0.1) is 6.04 Å². The zero-order chi connectivity index (χ0) is 18.4. The minimum Gasteiger partial charge on any atom is -0.491 e. The third kappa shape index (κ3) is 5.25. The van der Waals surface area contributed by atoms with Crippen LogP contribution in [0.2, 0.25) is 0 Å². The van der Waals surface area contributed by atoms with Gasteiger partial charge in [-0.1, -0.05) is 23.8 Å². The van der Waals surface area contributed by atoms with E-state index in [4.69, 9.17) is 9.47 Å². The highest BCUT2D eigenvalue weighted by Crippen LogP contribution is 2.25. The predicted molar refractivity (Wildman–Crippen MR) is 103 cm³/mol. The maximum absolute atomic E-state index is 12.1. The molecule has 0 fully saturated rings. The summed E-state index contributed by atoms with van der Waals surface area (Å²) in [4.78, 5) is 12.1. The summed E-state index contributed by atoms with van der Waals surface area (Å²) in [5.74, 6) is 1.44. The lowest BCUT2D eigenvalue weighted by Crippen LogP contribution is -2.39. The van der Waals surface area contributed by atoms with Crippen molar-refractivity contribution in [3.05, 3.63) is 59.2 Å². The average Bonchev–Trinajstić information content (AvgIpc) is 2.66. The molecule has 0 aromatic heterocycles. The van der Waals surface area contributed by atoms with E-state index in [1.54, 1.807) is 0 Å². The van der Waals surface area contributed by atoms with Crippen LogP contribution in [0.1, 0.15) is 36.5 Å². The van der Waals surface area contributed by atoms with Gasteiger partial charge >= 0.3 is 0 Å². The number of hydrogen-bond acceptors (Lipinski definition) is 3. The van der Waals surface area contributed by atoms with Gasteiger partial charge in [0, 0.05) is 0 Å². The molecule has 26 heavy (non-hydrogen) atoms. The van der Waals surface area contributed by atoms with Gasteiger partial charge in [-0.25, -0.2) is 0 Å². The van der Waals surface area contributed by atoms with E-state index in [1.165, 1.54) is 29.5 Å². The third-order valence-corrected chi connectivity index (χ3v) is 4.62. The van der Waals surface area contributed by atoms with E-state index in [0.717, 1.165) is 24.3 Å². The van der Waals surface area contributed by atoms with E-state index in [1.807, 2.05) is 44.2 Å². The number of hydrogen-bond donors (Lipinski definition) is 1. The Morgan fingerprint density at radius 2 is 1.69 bits per heavy atom. The lowest BCUT2D eigenvalue weighted by atomic mass is 9.92. The normalized spacial score (nSPS) is 14.2. The monoisotopic (exact) mass is 353 g/mol. The number of carbonyl (C=O) groups excluding carboxylic acids is 1. The fourth-order valence-electron chi connectivity index (χ4n) is 3.16. The molecule has 1 aliphatic rings. The van der Waals surface area contributed by atoms with Gasteiger partial charge in [0.1, 0.15) is 18.1 Å². The first kappa shape index (κ1) is 18.3. The molecule has 0 radical (unpaired) electrons. The van der Waals surface area contributed by atoms with Crippen LogP contribution in [0.3, 0.4) is 0 Å². The number of nitrogens with one attached hydrogen (secondary N) is 1. The average molecular weight is 353 g/mol. The molecule has 0 unspecified atom stereocenters. The molecule has 3 rings (SSSR count). The van der Waals surface area contributed by atoms with E-state index in [-0.39, 0.29) is 18.6 Å². The molecule has 4 nitrogen and oxygen atoms in total. The van der Waals surface area contributed by atoms with Crippen LogP contribution in [-0.2, 0) is 17.6 Å². The summed E-state index contributed by atoms with van der Waals surface area (Å²) in [6, 6.07) is 13.9. The maximum atomic E-state index is 12.1. The summed E-state index contributed by atoms with van der Waals surface area (Å²) in [7, 11) is 0. The second kappa shape index (κ2) is 8.75. The number of rotatable bonds is 7. The van der Waals surface area contributed by atoms with Crippen molar-refractivity contribution in [2.75, 3.05) is 13.2 Å². The minimum atomic E-state index is -0.136. The Labute approximate surface area is 155 Å². The van der Waals surface area contributed by atoms with Crippen LogP contribution < -0.4 is 14.8 Å². The molecule has 138 valence electrons. The van der Waals surface area contributed by atoms with Crippen molar-refractivity contribution in [2.45, 2.75) is 45.6 Å². The number of benzene rings is 2. The van der Waals surface area contributed by atoms with E-state index >= 15 is 0 Å². The molecular weight excluding hydrogens is 326 g/mol. The number of aryl methyl sites for hydroxylation is 3. The van der Waals surface area contributed by atoms with Crippen LogP contribution in [0.15, 0.2) is 42.5 Å². The summed E-state index contributed by atoms with van der Waals surface area (Å²) in [5, 5.41) is 2.91. The first-order valence-electron chi connectivity index (χ1n) is 9.33. The fraction of sp³-hybridized carbons (Fsp3) is 0.409. The molecule has 0 heterocycles. The first-order chi connectivity index (χ1) is 12.6. The summed E-state index contributed by atoms with van der Waals surface area (Å²) in [6.07, 6.45) is 4.74. The van der Waals surface area contributed by atoms with Gasteiger partial charge < -0.3 is 14.8 Å². The molecule has 1 atom stereocenters. The Hall–Kier alpha value is -2.49. The van der Waals surface area contributed by atoms with Gasteiger partial charge in [-0.3, -0.25) is 4.79 Å². The molecule has 0 saturated carbocycles. The largest absolute Gasteiger partial charge is 0.491 e. The van der Waals surface area contributed by atoms with Crippen LogP contribution in [0, 0.1) is 6.92 Å². The van der Waals surface area contributed by atoms with Crippen molar-refractivity contribution in [1.29, 1.82) is 0 Å². The second-order valence-corrected chi connectivity index (χ2v) is 7.02. The van der Waals surface area contributed by atoms with Gasteiger partial charge in [0.25, 0.3) is 5.91 Å². The van der Waals surface area contributed by atoms with Crippen LogP contribution in [0.25, 0.3) is 0 Å². The summed E-state index contributed by atoms with van der Waals surface area (Å²) in [5.41, 5.74) is 3.96. The molecule has 0 saturated heterocycles. The van der Waals surface area contributed by atoms with Crippen molar-refractivity contribution >= 4 is 5.91 Å². The van der Waals surface area contributed by atoms with E-state index in [0.29, 0.717) is 6.61 Å². The number of ether oxygens (including phenoxy) is 2. The topological polar surface area (TPSA) is 47.6 Å². The molecule has 2 aromatic carbocycles. The van der Waals surface area contributed by atoms with Crippen molar-refractivity contribution in [3.63, 3.8) is 0 Å². The van der Waals surface area contributed by atoms with Crippen LogP contribution >= 0.6 is 0 Å². The van der Waals surface area contributed by atoms with Gasteiger partial charge in [0.15, 0.2) is 6.61 Å². The van der Waals surface area contributed by atoms with Crippen molar-refractivity contribution in [1.82, 2.24) is 5.32 Å². The summed E-state index contributed by atoms with van der Waals surface area (Å²) < 4.78 is 11.4. The van der Waals surface area contributed by atoms with Gasteiger partial charge in [-0.2, -0.15) is 0 Å². The minimum absolute atomic E-state index is 0.0215. The highest BCUT2D eigenvalue weighted by atomic mass is 16.5. The van der Waals surface area contributed by atoms with E-state index in [9.17, 15) is 4.79 Å². The number of amides is 1. The molecular formula is C22H27NO3. The molecule has 1 aliphatic carbocycles. The zero-order valence-electron chi connectivity index (χ0n) is 15.6. The molecule has 2 aromatic rings. The highest BCUT2D eigenvalue weighted by Gasteiger charge is 2.12. The van der Waals surface area contributed by atoms with Crippen molar-refractivity contribution in [3.8, 4) is 11.5 Å². The van der Waals surface area contributed by atoms with Gasteiger partial charge in [-0.05, 0) is 74.9 Å². The molecule has 0 bridgehead atoms. The van der Waals surface area contributed by atoms with Crippen molar-refractivity contribution in [2.24, 2.45) is 0 Å². The Kier molecular flexibility index (Phi) is 6.16. The highest BCUT2D eigenvalue weighted by molar-refractivity contribution is 5.77. The molecule has 1 amide bonds. The van der Waals surface area contributed by atoms with Crippen molar-refractivity contribution < 1.29 is 14.3 Å². The van der Waals surface area contributed by atoms with Crippen LogP contribution in [0.4, 0.5) is 0 Å². The Morgan fingerprint density at radius 3 is 2.46 bits per heavy atom. The van der Waals surface area contributed by atoms with Crippen LogP contribution in [0.5, 0.6) is 11.5 Å². The van der Waals surface area contributed by atoms with Crippen LogP contribution in [-0.4, -0.2) is 25.2 Å². The second-order valence-electron chi connectivity index (χ2n) is 7.02. The molecule has 4 heteroatoms. The maximum Gasteiger partial charge on any atom is 0.258 e. The Bertz CT molecular complexity index is 740. The quantitative estimate of drug-likeness (QED) is 0.823. The molecule has 0 aliphatic heterocycles. The Morgan fingerprint density at radius 1 is 1.00 bits per heavy atom. The Balaban J connectivity index is 1.41. The lowest BCUT2D eigenvalue weighted by molar-refractivity contribution is -0.123. The fourth-order valence-corrected chi connectivity index (χ4v) is 3.16. The molecule has 1 N–H and O–H groups in total. The third-order valence-electron chi connectivity index (χ3n) is 4.62. The number of fused-ring (bicyclic) bond motifs is 1. The zero-order valence-corrected chi connectivity index (χ0v) is 15.6. The lowest BCUT2D eigenvalue weighted by Gasteiger charge is -2.17. The molecule has 0 spiro atoms. The van der Waals surface area contributed by atoms with E-state index < -0.39 is 0 Å². The first-order valence-corrected chi connectivity index (χ1v) is 9.33. The smallest absolute Gasteiger partial charge is 0.258 e. The SMILES string of the molecule is Cc1ccc(OC[C@@H](C)NC(=O)COc2ccc3c(c2)CCCC3)cc1. The predicted octanol–water partition coefficient (Wildman–Crippen LogP) is 3.84. The standard InChI is InChI=1S/C22H27NO3/c1-16-7-10-20(11-8-16)25-14-17(2)23-22(24)15-26-21-12-9-18-5-3-4-6-19(18)13-21/h7-13,17H,3-6,14-15H2,1-2H3,(H,23,24)/t17-/m1/s1.